The molecule has 0 bridgehead atoms. The molecule has 0 aliphatic carbocycles. The molecule has 0 radical (unpaired) electrons. The maximum absolute atomic E-state index is 11.6. The molecule has 2 unspecified atom stereocenters. The van der Waals surface area contributed by atoms with Crippen molar-refractivity contribution in [3.8, 4) is 0 Å². The van der Waals surface area contributed by atoms with E-state index < -0.39 is 0 Å². The van der Waals surface area contributed by atoms with E-state index in [1.165, 1.54) is 0 Å². The Morgan fingerprint density at radius 1 is 1.53 bits per heavy atom. The van der Waals surface area contributed by atoms with Crippen LogP contribution >= 0.6 is 31.9 Å². The SMILES string of the molecule is CC(CBr)C(C)NC(=O)c1ccc(Br)o1. The minimum absolute atomic E-state index is 0.112. The normalized spacial score (nSPS) is 14.7. The molecule has 1 N–H and O–H groups in total. The van der Waals surface area contributed by atoms with E-state index in [0.717, 1.165) is 5.33 Å². The average Bonchev–Trinajstić information content (AvgIpc) is 2.63. The Kier molecular flexibility index (Phi) is 4.86. The Morgan fingerprint density at radius 3 is 2.67 bits per heavy atom. The van der Waals surface area contributed by atoms with Gasteiger partial charge in [0.2, 0.25) is 0 Å². The van der Waals surface area contributed by atoms with Gasteiger partial charge in [-0.15, -0.1) is 0 Å². The predicted molar refractivity (Wildman–Crippen MR) is 66.3 cm³/mol. The Bertz CT molecular complexity index is 338. The standard InChI is InChI=1S/C10H13Br2NO2/c1-6(5-11)7(2)13-10(14)8-3-4-9(12)15-8/h3-4,6-7H,5H2,1-2H3,(H,13,14). The Balaban J connectivity index is 2.56. The van der Waals surface area contributed by atoms with Crippen LogP contribution in [0.25, 0.3) is 0 Å². The van der Waals surface area contributed by atoms with E-state index in [2.05, 4.69) is 44.1 Å². The van der Waals surface area contributed by atoms with Gasteiger partial charge in [-0.25, -0.2) is 0 Å². The molecule has 84 valence electrons. The van der Waals surface area contributed by atoms with E-state index in [1.807, 2.05) is 6.92 Å². The molecule has 5 heteroatoms. The molecule has 3 nitrogen and oxygen atoms in total. The monoisotopic (exact) mass is 337 g/mol. The minimum atomic E-state index is -0.180. The zero-order chi connectivity index (χ0) is 11.4. The van der Waals surface area contributed by atoms with Gasteiger partial charge in [0.05, 0.1) is 0 Å². The van der Waals surface area contributed by atoms with Crippen molar-refractivity contribution in [3.63, 3.8) is 0 Å². The molecule has 1 aromatic rings. The second kappa shape index (κ2) is 5.70. The summed E-state index contributed by atoms with van der Waals surface area (Å²) in [7, 11) is 0. The summed E-state index contributed by atoms with van der Waals surface area (Å²) in [5.74, 6) is 0.531. The number of hydrogen-bond acceptors (Lipinski definition) is 2. The smallest absolute Gasteiger partial charge is 0.287 e. The summed E-state index contributed by atoms with van der Waals surface area (Å²) in [5, 5.41) is 3.73. The molecule has 1 aromatic heterocycles. The Hall–Kier alpha value is -0.290. The van der Waals surface area contributed by atoms with E-state index in [9.17, 15) is 4.79 Å². The zero-order valence-electron chi connectivity index (χ0n) is 8.59. The molecule has 0 saturated heterocycles. The Morgan fingerprint density at radius 2 is 2.20 bits per heavy atom. The van der Waals surface area contributed by atoms with Gasteiger partial charge in [0.25, 0.3) is 5.91 Å². The number of carbonyl (C=O) groups excluding carboxylic acids is 1. The first-order valence-corrected chi connectivity index (χ1v) is 6.58. The van der Waals surface area contributed by atoms with Crippen LogP contribution in [0.5, 0.6) is 0 Å². The number of carbonyl (C=O) groups is 1. The van der Waals surface area contributed by atoms with Crippen molar-refractivity contribution >= 4 is 37.8 Å². The third kappa shape index (κ3) is 3.65. The molecule has 1 rings (SSSR count). The van der Waals surface area contributed by atoms with Gasteiger partial charge in [0.1, 0.15) is 0 Å². The lowest BCUT2D eigenvalue weighted by molar-refractivity contribution is 0.0901. The van der Waals surface area contributed by atoms with Crippen LogP contribution in [-0.2, 0) is 0 Å². The molecule has 0 aliphatic heterocycles. The van der Waals surface area contributed by atoms with Gasteiger partial charge < -0.3 is 9.73 Å². The highest BCUT2D eigenvalue weighted by molar-refractivity contribution is 9.10. The van der Waals surface area contributed by atoms with Crippen molar-refractivity contribution < 1.29 is 9.21 Å². The average molecular weight is 339 g/mol. The van der Waals surface area contributed by atoms with Crippen molar-refractivity contribution in [2.75, 3.05) is 5.33 Å². The van der Waals surface area contributed by atoms with Crippen LogP contribution in [0.4, 0.5) is 0 Å². The molecular formula is C10H13Br2NO2. The minimum Gasteiger partial charge on any atom is -0.444 e. The van der Waals surface area contributed by atoms with Crippen LogP contribution in [-0.4, -0.2) is 17.3 Å². The molecule has 0 aliphatic rings. The summed E-state index contributed by atoms with van der Waals surface area (Å²) in [5.41, 5.74) is 0. The third-order valence-electron chi connectivity index (χ3n) is 2.25. The summed E-state index contributed by atoms with van der Waals surface area (Å²) in [6, 6.07) is 3.46. The van der Waals surface area contributed by atoms with Crippen molar-refractivity contribution in [2.45, 2.75) is 19.9 Å². The highest BCUT2D eigenvalue weighted by atomic mass is 79.9. The molecule has 0 fully saturated rings. The fraction of sp³-hybridized carbons (Fsp3) is 0.500. The summed E-state index contributed by atoms with van der Waals surface area (Å²) in [4.78, 5) is 11.6. The molecule has 2 atom stereocenters. The summed E-state index contributed by atoms with van der Waals surface area (Å²) in [6.45, 7) is 4.04. The highest BCUT2D eigenvalue weighted by Gasteiger charge is 2.16. The first-order valence-electron chi connectivity index (χ1n) is 4.66. The topological polar surface area (TPSA) is 42.2 Å². The largest absolute Gasteiger partial charge is 0.444 e. The van der Waals surface area contributed by atoms with Crippen LogP contribution in [0.3, 0.4) is 0 Å². The van der Waals surface area contributed by atoms with E-state index in [0.29, 0.717) is 16.3 Å². The summed E-state index contributed by atoms with van der Waals surface area (Å²) >= 11 is 6.54. The van der Waals surface area contributed by atoms with Gasteiger partial charge in [-0.3, -0.25) is 4.79 Å². The lowest BCUT2D eigenvalue weighted by Gasteiger charge is -2.18. The number of nitrogens with one attached hydrogen (secondary N) is 1. The second-order valence-corrected chi connectivity index (χ2v) is 4.93. The van der Waals surface area contributed by atoms with Crippen molar-refractivity contribution in [1.29, 1.82) is 0 Å². The number of alkyl halides is 1. The molecular weight excluding hydrogens is 326 g/mol. The number of rotatable bonds is 4. The zero-order valence-corrected chi connectivity index (χ0v) is 11.8. The van der Waals surface area contributed by atoms with Gasteiger partial charge in [-0.05, 0) is 40.9 Å². The van der Waals surface area contributed by atoms with Crippen molar-refractivity contribution in [3.05, 3.63) is 22.6 Å². The van der Waals surface area contributed by atoms with Gasteiger partial charge in [0, 0.05) is 11.4 Å². The number of amides is 1. The van der Waals surface area contributed by atoms with Gasteiger partial charge >= 0.3 is 0 Å². The van der Waals surface area contributed by atoms with E-state index in [1.54, 1.807) is 12.1 Å². The number of halogens is 2. The summed E-state index contributed by atoms with van der Waals surface area (Å²) in [6.07, 6.45) is 0. The van der Waals surface area contributed by atoms with E-state index in [4.69, 9.17) is 4.42 Å². The van der Waals surface area contributed by atoms with Crippen LogP contribution < -0.4 is 5.32 Å². The number of hydrogen-bond donors (Lipinski definition) is 1. The fourth-order valence-corrected chi connectivity index (χ4v) is 1.86. The van der Waals surface area contributed by atoms with Gasteiger partial charge in [-0.1, -0.05) is 22.9 Å². The fourth-order valence-electron chi connectivity index (χ4n) is 0.990. The van der Waals surface area contributed by atoms with Crippen LogP contribution in [0.15, 0.2) is 21.2 Å². The molecule has 0 aromatic carbocycles. The molecule has 0 saturated carbocycles. The van der Waals surface area contributed by atoms with Crippen molar-refractivity contribution in [1.82, 2.24) is 5.32 Å². The first kappa shape index (κ1) is 12.8. The Labute approximate surface area is 106 Å². The molecule has 0 spiro atoms. The number of furan rings is 1. The maximum Gasteiger partial charge on any atom is 0.287 e. The highest BCUT2D eigenvalue weighted by Crippen LogP contribution is 2.14. The quantitative estimate of drug-likeness (QED) is 0.857. The van der Waals surface area contributed by atoms with E-state index in [-0.39, 0.29) is 11.9 Å². The lowest BCUT2D eigenvalue weighted by Crippen LogP contribution is -2.37. The first-order chi connectivity index (χ1) is 7.04. The lowest BCUT2D eigenvalue weighted by atomic mass is 10.1. The van der Waals surface area contributed by atoms with Crippen LogP contribution in [0.2, 0.25) is 0 Å². The third-order valence-corrected chi connectivity index (χ3v) is 3.70. The van der Waals surface area contributed by atoms with Crippen molar-refractivity contribution in [2.24, 2.45) is 5.92 Å². The van der Waals surface area contributed by atoms with Crippen LogP contribution in [0, 0.1) is 5.92 Å². The summed E-state index contributed by atoms with van der Waals surface area (Å²) < 4.78 is 5.72. The molecule has 1 amide bonds. The van der Waals surface area contributed by atoms with Gasteiger partial charge in [-0.2, -0.15) is 0 Å². The maximum atomic E-state index is 11.6. The predicted octanol–water partition coefficient (Wildman–Crippen LogP) is 3.19. The van der Waals surface area contributed by atoms with E-state index >= 15 is 0 Å². The second-order valence-electron chi connectivity index (χ2n) is 3.50. The van der Waals surface area contributed by atoms with Crippen LogP contribution in [0.1, 0.15) is 24.4 Å². The van der Waals surface area contributed by atoms with Gasteiger partial charge in [0.15, 0.2) is 10.4 Å². The molecule has 1 heterocycles. The molecule has 15 heavy (non-hydrogen) atoms.